The number of allylic oxidation sites excluding steroid dienone is 1. The van der Waals surface area contributed by atoms with Gasteiger partial charge in [-0.05, 0) is 36.5 Å². The predicted molar refractivity (Wildman–Crippen MR) is 66.9 cm³/mol. The van der Waals surface area contributed by atoms with Gasteiger partial charge in [-0.2, -0.15) is 0 Å². The zero-order valence-electron chi connectivity index (χ0n) is 9.92. The third kappa shape index (κ3) is 4.83. The molecule has 1 aromatic carbocycles. The molecule has 0 unspecified atom stereocenters. The molecular weight excluding hydrogens is 180 g/mol. The zero-order valence-corrected chi connectivity index (χ0v) is 9.92. The van der Waals surface area contributed by atoms with Crippen molar-refractivity contribution in [1.29, 1.82) is 0 Å². The van der Waals surface area contributed by atoms with Crippen molar-refractivity contribution in [2.75, 3.05) is 0 Å². The summed E-state index contributed by atoms with van der Waals surface area (Å²) in [6, 6.07) is 8.66. The molecule has 0 amide bonds. The molecule has 0 fully saturated rings. The molecule has 0 aliphatic rings. The van der Waals surface area contributed by atoms with E-state index in [9.17, 15) is 0 Å². The maximum Gasteiger partial charge on any atom is -0.0149 e. The number of benzene rings is 1. The van der Waals surface area contributed by atoms with Crippen LogP contribution in [-0.4, -0.2) is 0 Å². The summed E-state index contributed by atoms with van der Waals surface area (Å²) >= 11 is 0. The Balaban J connectivity index is 2.36. The molecule has 0 aliphatic heterocycles. The molecule has 1 radical (unpaired) electrons. The molecule has 0 spiro atoms. The third-order valence-electron chi connectivity index (χ3n) is 2.58. The second kappa shape index (κ2) is 7.28. The van der Waals surface area contributed by atoms with Crippen LogP contribution in [-0.2, 0) is 6.42 Å². The summed E-state index contributed by atoms with van der Waals surface area (Å²) in [7, 11) is 0. The summed E-state index contributed by atoms with van der Waals surface area (Å²) < 4.78 is 0. The van der Waals surface area contributed by atoms with Crippen LogP contribution in [0, 0.1) is 6.08 Å². The number of hydrogen-bond acceptors (Lipinski definition) is 0. The van der Waals surface area contributed by atoms with E-state index in [0.717, 1.165) is 12.8 Å². The Labute approximate surface area is 94.0 Å². The van der Waals surface area contributed by atoms with E-state index < -0.39 is 0 Å². The van der Waals surface area contributed by atoms with E-state index in [1.807, 2.05) is 0 Å². The van der Waals surface area contributed by atoms with Crippen molar-refractivity contribution >= 4 is 0 Å². The van der Waals surface area contributed by atoms with Crippen LogP contribution in [0.15, 0.2) is 30.3 Å². The highest BCUT2D eigenvalue weighted by molar-refractivity contribution is 5.26. The molecule has 0 aliphatic carbocycles. The van der Waals surface area contributed by atoms with E-state index in [1.54, 1.807) is 0 Å². The van der Waals surface area contributed by atoms with Crippen molar-refractivity contribution in [2.24, 2.45) is 0 Å². The monoisotopic (exact) mass is 201 g/mol. The van der Waals surface area contributed by atoms with E-state index in [2.05, 4.69) is 50.3 Å². The minimum Gasteiger partial charge on any atom is -0.0760 e. The standard InChI is InChI=1S/C15H21/c1-3-5-6-7-8-9-15-12-10-14(4-2)11-13-15/h8,10-13H,3-7H2,1-2H3. The molecule has 1 aromatic rings. The van der Waals surface area contributed by atoms with Gasteiger partial charge in [0.25, 0.3) is 0 Å². The van der Waals surface area contributed by atoms with Gasteiger partial charge in [0.1, 0.15) is 0 Å². The first-order valence-electron chi connectivity index (χ1n) is 6.04. The Hall–Kier alpha value is -1.04. The molecular formula is C15H21. The molecule has 0 atom stereocenters. The SMILES string of the molecule is CCCCC/C=[C]\c1ccc(CC)cc1. The summed E-state index contributed by atoms with van der Waals surface area (Å²) in [4.78, 5) is 0. The minimum atomic E-state index is 1.11. The molecule has 0 nitrogen and oxygen atoms in total. The van der Waals surface area contributed by atoms with Gasteiger partial charge in [-0.3, -0.25) is 0 Å². The molecule has 0 heterocycles. The first-order chi connectivity index (χ1) is 7.36. The number of rotatable bonds is 6. The second-order valence-corrected chi connectivity index (χ2v) is 3.89. The third-order valence-corrected chi connectivity index (χ3v) is 2.58. The van der Waals surface area contributed by atoms with Crippen LogP contribution in [0.2, 0.25) is 0 Å². The molecule has 0 bridgehead atoms. The zero-order chi connectivity index (χ0) is 10.9. The van der Waals surface area contributed by atoms with Gasteiger partial charge in [0.05, 0.1) is 0 Å². The Bertz CT molecular complexity index is 279. The Kier molecular flexibility index (Phi) is 5.84. The lowest BCUT2D eigenvalue weighted by atomic mass is 10.1. The summed E-state index contributed by atoms with van der Waals surface area (Å²) in [6.45, 7) is 4.41. The fourth-order valence-electron chi connectivity index (χ4n) is 1.52. The number of aryl methyl sites for hydroxylation is 1. The van der Waals surface area contributed by atoms with Crippen molar-refractivity contribution in [3.8, 4) is 0 Å². The predicted octanol–water partition coefficient (Wildman–Crippen LogP) is 4.54. The lowest BCUT2D eigenvalue weighted by Gasteiger charge is -1.97. The average molecular weight is 201 g/mol. The van der Waals surface area contributed by atoms with E-state index in [0.29, 0.717) is 0 Å². The van der Waals surface area contributed by atoms with Gasteiger partial charge in [0, 0.05) is 0 Å². The van der Waals surface area contributed by atoms with Gasteiger partial charge in [-0.15, -0.1) is 0 Å². The Morgan fingerprint density at radius 3 is 2.40 bits per heavy atom. The molecule has 0 aromatic heterocycles. The average Bonchev–Trinajstić information content (AvgIpc) is 2.30. The summed E-state index contributed by atoms with van der Waals surface area (Å²) in [5.74, 6) is 0. The largest absolute Gasteiger partial charge is 0.0760 e. The molecule has 0 saturated carbocycles. The molecule has 81 valence electrons. The van der Waals surface area contributed by atoms with Crippen LogP contribution in [0.1, 0.15) is 50.7 Å². The minimum absolute atomic E-state index is 1.11. The van der Waals surface area contributed by atoms with Gasteiger partial charge in [-0.25, -0.2) is 0 Å². The fraction of sp³-hybridized carbons (Fsp3) is 0.467. The van der Waals surface area contributed by atoms with Gasteiger partial charge in [-0.1, -0.05) is 57.0 Å². The van der Waals surface area contributed by atoms with Crippen LogP contribution in [0.4, 0.5) is 0 Å². The summed E-state index contributed by atoms with van der Waals surface area (Å²) in [6.07, 6.45) is 11.7. The Morgan fingerprint density at radius 1 is 1.07 bits per heavy atom. The van der Waals surface area contributed by atoms with Crippen LogP contribution in [0.3, 0.4) is 0 Å². The highest BCUT2D eigenvalue weighted by atomic mass is 13.9. The van der Waals surface area contributed by atoms with Gasteiger partial charge in [0.15, 0.2) is 0 Å². The van der Waals surface area contributed by atoms with Crippen molar-refractivity contribution in [3.05, 3.63) is 47.5 Å². The lowest BCUT2D eigenvalue weighted by Crippen LogP contribution is -1.80. The van der Waals surface area contributed by atoms with Crippen LogP contribution in [0.5, 0.6) is 0 Å². The van der Waals surface area contributed by atoms with E-state index in [4.69, 9.17) is 0 Å². The lowest BCUT2D eigenvalue weighted by molar-refractivity contribution is 0.728. The van der Waals surface area contributed by atoms with E-state index >= 15 is 0 Å². The maximum atomic E-state index is 3.33. The normalized spacial score (nSPS) is 11.1. The number of hydrogen-bond donors (Lipinski definition) is 0. The molecule has 15 heavy (non-hydrogen) atoms. The van der Waals surface area contributed by atoms with Crippen LogP contribution in [0.25, 0.3) is 0 Å². The Morgan fingerprint density at radius 2 is 1.80 bits per heavy atom. The maximum absolute atomic E-state index is 3.33. The van der Waals surface area contributed by atoms with Gasteiger partial charge in [0.2, 0.25) is 0 Å². The topological polar surface area (TPSA) is 0 Å². The summed E-state index contributed by atoms with van der Waals surface area (Å²) in [5.41, 5.74) is 2.59. The first-order valence-corrected chi connectivity index (χ1v) is 6.04. The number of unbranched alkanes of at least 4 members (excludes halogenated alkanes) is 3. The highest BCUT2D eigenvalue weighted by Crippen LogP contribution is 2.06. The molecule has 0 N–H and O–H groups in total. The van der Waals surface area contributed by atoms with E-state index in [-0.39, 0.29) is 0 Å². The van der Waals surface area contributed by atoms with Crippen molar-refractivity contribution in [3.63, 3.8) is 0 Å². The van der Waals surface area contributed by atoms with Crippen LogP contribution >= 0.6 is 0 Å². The molecule has 1 rings (SSSR count). The summed E-state index contributed by atoms with van der Waals surface area (Å²) in [5, 5.41) is 0. The quantitative estimate of drug-likeness (QED) is 0.593. The van der Waals surface area contributed by atoms with Crippen molar-refractivity contribution < 1.29 is 0 Å². The highest BCUT2D eigenvalue weighted by Gasteiger charge is 1.89. The van der Waals surface area contributed by atoms with E-state index in [1.165, 1.54) is 30.4 Å². The smallest absolute Gasteiger partial charge is 0.0149 e. The first kappa shape index (κ1) is 12.0. The van der Waals surface area contributed by atoms with Crippen molar-refractivity contribution in [1.82, 2.24) is 0 Å². The molecule has 0 saturated heterocycles. The fourth-order valence-corrected chi connectivity index (χ4v) is 1.52. The second-order valence-electron chi connectivity index (χ2n) is 3.89. The van der Waals surface area contributed by atoms with Crippen LogP contribution < -0.4 is 0 Å². The van der Waals surface area contributed by atoms with Gasteiger partial charge >= 0.3 is 0 Å². The van der Waals surface area contributed by atoms with Crippen molar-refractivity contribution in [2.45, 2.75) is 46.0 Å². The van der Waals surface area contributed by atoms with Gasteiger partial charge < -0.3 is 0 Å². The molecule has 0 heteroatoms.